The largest absolute Gasteiger partial charge is 0.488 e. The maximum atomic E-state index is 13.1. The number of ether oxygens (including phenoxy) is 1. The van der Waals surface area contributed by atoms with Crippen molar-refractivity contribution in [3.05, 3.63) is 88.7 Å². The van der Waals surface area contributed by atoms with Crippen LogP contribution in [-0.4, -0.2) is 25.7 Å². The van der Waals surface area contributed by atoms with Crippen molar-refractivity contribution in [2.24, 2.45) is 0 Å². The van der Waals surface area contributed by atoms with Crippen molar-refractivity contribution >= 4 is 27.7 Å². The highest BCUT2D eigenvalue weighted by atomic mass is 79.9. The zero-order valence-corrected chi connectivity index (χ0v) is 19.3. The van der Waals surface area contributed by atoms with E-state index in [1.807, 2.05) is 66.9 Å². The molecule has 162 valence electrons. The van der Waals surface area contributed by atoms with Crippen LogP contribution >= 0.6 is 15.9 Å². The van der Waals surface area contributed by atoms with Crippen LogP contribution in [0.25, 0.3) is 11.5 Å². The summed E-state index contributed by atoms with van der Waals surface area (Å²) in [5.74, 6) is 1.24. The molecule has 0 saturated carbocycles. The van der Waals surface area contributed by atoms with Gasteiger partial charge in [0.15, 0.2) is 5.82 Å². The second-order valence-electron chi connectivity index (χ2n) is 7.43. The van der Waals surface area contributed by atoms with Crippen molar-refractivity contribution in [2.45, 2.75) is 26.5 Å². The Labute approximate surface area is 194 Å². The average Bonchev–Trinajstić information content (AvgIpc) is 3.29. The highest BCUT2D eigenvalue weighted by Crippen LogP contribution is 2.26. The van der Waals surface area contributed by atoms with Gasteiger partial charge in [-0.05, 0) is 49.7 Å². The van der Waals surface area contributed by atoms with Crippen molar-refractivity contribution in [1.29, 1.82) is 0 Å². The van der Waals surface area contributed by atoms with Crippen LogP contribution in [0.15, 0.2) is 77.5 Å². The van der Waals surface area contributed by atoms with Crippen LogP contribution in [0, 0.1) is 0 Å². The first-order valence-electron chi connectivity index (χ1n) is 10.2. The van der Waals surface area contributed by atoms with E-state index in [9.17, 15) is 4.79 Å². The highest BCUT2D eigenvalue weighted by Gasteiger charge is 2.16. The van der Waals surface area contributed by atoms with Gasteiger partial charge in [0.25, 0.3) is 5.91 Å². The second-order valence-corrected chi connectivity index (χ2v) is 8.35. The van der Waals surface area contributed by atoms with E-state index >= 15 is 0 Å². The van der Waals surface area contributed by atoms with Crippen molar-refractivity contribution in [1.82, 2.24) is 19.7 Å². The van der Waals surface area contributed by atoms with Crippen molar-refractivity contribution in [2.75, 3.05) is 5.32 Å². The monoisotopic (exact) mass is 491 g/mol. The van der Waals surface area contributed by atoms with Gasteiger partial charge in [0.1, 0.15) is 30.2 Å². The van der Waals surface area contributed by atoms with Crippen LogP contribution in [0.5, 0.6) is 5.75 Å². The third-order valence-electron chi connectivity index (χ3n) is 4.77. The van der Waals surface area contributed by atoms with Gasteiger partial charge in [-0.2, -0.15) is 0 Å². The van der Waals surface area contributed by atoms with Gasteiger partial charge in [-0.15, -0.1) is 10.2 Å². The van der Waals surface area contributed by atoms with Crippen LogP contribution in [0.1, 0.15) is 35.8 Å². The number of anilines is 1. The molecule has 0 saturated heterocycles. The molecule has 1 N–H and O–H groups in total. The molecule has 0 aliphatic heterocycles. The van der Waals surface area contributed by atoms with Crippen LogP contribution < -0.4 is 10.1 Å². The average molecular weight is 492 g/mol. The summed E-state index contributed by atoms with van der Waals surface area (Å²) in [6.07, 6.45) is 1.67. The fraction of sp³-hybridized carbons (Fsp3) is 0.167. The van der Waals surface area contributed by atoms with E-state index in [-0.39, 0.29) is 11.9 Å². The zero-order valence-electron chi connectivity index (χ0n) is 17.7. The summed E-state index contributed by atoms with van der Waals surface area (Å²) in [4.78, 5) is 17.6. The minimum absolute atomic E-state index is 0.186. The lowest BCUT2D eigenvalue weighted by Gasteiger charge is -2.13. The molecule has 2 aromatic carbocycles. The summed E-state index contributed by atoms with van der Waals surface area (Å²) in [7, 11) is 0. The molecule has 0 radical (unpaired) electrons. The molecular weight excluding hydrogens is 470 g/mol. The van der Waals surface area contributed by atoms with Crippen molar-refractivity contribution in [3.63, 3.8) is 0 Å². The smallest absolute Gasteiger partial charge is 0.260 e. The zero-order chi connectivity index (χ0) is 22.5. The maximum absolute atomic E-state index is 13.1. The predicted molar refractivity (Wildman–Crippen MR) is 127 cm³/mol. The van der Waals surface area contributed by atoms with Gasteiger partial charge in [-0.1, -0.05) is 52.3 Å². The molecule has 0 aliphatic carbocycles. The summed E-state index contributed by atoms with van der Waals surface area (Å²) < 4.78 is 8.65. The van der Waals surface area contributed by atoms with Gasteiger partial charge in [-0.25, -0.2) is 4.98 Å². The van der Waals surface area contributed by atoms with E-state index < -0.39 is 0 Å². The number of halogens is 1. The Kier molecular flexibility index (Phi) is 6.61. The molecule has 7 nitrogen and oxygen atoms in total. The minimum Gasteiger partial charge on any atom is -0.488 e. The summed E-state index contributed by atoms with van der Waals surface area (Å²) in [5, 5.41) is 11.0. The van der Waals surface area contributed by atoms with Crippen molar-refractivity contribution in [3.8, 4) is 17.3 Å². The number of pyridine rings is 1. The Hall–Kier alpha value is -3.52. The molecule has 32 heavy (non-hydrogen) atoms. The lowest BCUT2D eigenvalue weighted by Crippen LogP contribution is -2.15. The van der Waals surface area contributed by atoms with Gasteiger partial charge in [0, 0.05) is 10.5 Å². The third-order valence-corrected chi connectivity index (χ3v) is 5.27. The number of aromatic nitrogens is 4. The summed E-state index contributed by atoms with van der Waals surface area (Å²) in [6, 6.07) is 20.7. The van der Waals surface area contributed by atoms with E-state index in [1.54, 1.807) is 24.5 Å². The van der Waals surface area contributed by atoms with Crippen LogP contribution in [0.3, 0.4) is 0 Å². The number of hydrogen-bond acceptors (Lipinski definition) is 5. The molecule has 0 aliphatic rings. The summed E-state index contributed by atoms with van der Waals surface area (Å²) in [6.45, 7) is 4.45. The van der Waals surface area contributed by atoms with E-state index in [1.165, 1.54) is 0 Å². The molecule has 0 spiro atoms. The number of hydrogen-bond donors (Lipinski definition) is 1. The predicted octanol–water partition coefficient (Wildman–Crippen LogP) is 5.51. The Morgan fingerprint density at radius 2 is 1.91 bits per heavy atom. The Bertz CT molecular complexity index is 1220. The van der Waals surface area contributed by atoms with Crippen LogP contribution in [0.2, 0.25) is 0 Å². The third kappa shape index (κ3) is 5.03. The molecule has 8 heteroatoms. The quantitative estimate of drug-likeness (QED) is 0.368. The number of nitrogens with zero attached hydrogens (tertiary/aromatic N) is 4. The summed E-state index contributed by atoms with van der Waals surface area (Å²) in [5.41, 5.74) is 2.06. The van der Waals surface area contributed by atoms with E-state index in [4.69, 9.17) is 4.74 Å². The lowest BCUT2D eigenvalue weighted by atomic mass is 10.2. The highest BCUT2D eigenvalue weighted by molar-refractivity contribution is 9.10. The first kappa shape index (κ1) is 21.7. The standard InChI is InChI=1S/C24H22BrN5O2/c1-16(2)30-15-26-29-23(30)20-9-6-10-22(27-20)28-24(31)19-13-18(25)11-12-21(19)32-14-17-7-4-3-5-8-17/h3-13,15-16H,14H2,1-2H3,(H,27,28,31). The van der Waals surface area contributed by atoms with Crippen LogP contribution in [-0.2, 0) is 6.61 Å². The molecule has 2 aromatic heterocycles. The SMILES string of the molecule is CC(C)n1cnnc1-c1cccc(NC(=O)c2cc(Br)ccc2OCc2ccccc2)n1. The van der Waals surface area contributed by atoms with Crippen LogP contribution in [0.4, 0.5) is 5.82 Å². The van der Waals surface area contributed by atoms with Crippen molar-refractivity contribution < 1.29 is 9.53 Å². The van der Waals surface area contributed by atoms with E-state index in [2.05, 4.69) is 36.4 Å². The lowest BCUT2D eigenvalue weighted by molar-refractivity contribution is 0.102. The Morgan fingerprint density at radius 3 is 2.69 bits per heavy atom. The number of carbonyl (C=O) groups is 1. The van der Waals surface area contributed by atoms with E-state index in [0.29, 0.717) is 35.3 Å². The normalized spacial score (nSPS) is 10.9. The molecule has 0 unspecified atom stereocenters. The molecular formula is C24H22BrN5O2. The molecule has 0 fully saturated rings. The Morgan fingerprint density at radius 1 is 1.09 bits per heavy atom. The Balaban J connectivity index is 1.55. The maximum Gasteiger partial charge on any atom is 0.260 e. The fourth-order valence-corrected chi connectivity index (χ4v) is 3.52. The number of carbonyl (C=O) groups excluding carboxylic acids is 1. The van der Waals surface area contributed by atoms with E-state index in [0.717, 1.165) is 10.0 Å². The molecule has 1 amide bonds. The van der Waals surface area contributed by atoms with Gasteiger partial charge in [-0.3, -0.25) is 4.79 Å². The molecule has 0 atom stereocenters. The van der Waals surface area contributed by atoms with Gasteiger partial charge >= 0.3 is 0 Å². The minimum atomic E-state index is -0.315. The number of benzene rings is 2. The number of rotatable bonds is 7. The molecule has 0 bridgehead atoms. The number of amides is 1. The molecule has 2 heterocycles. The fourth-order valence-electron chi connectivity index (χ4n) is 3.16. The first-order chi connectivity index (χ1) is 15.5. The molecule has 4 aromatic rings. The van der Waals surface area contributed by atoms with Gasteiger partial charge < -0.3 is 14.6 Å². The summed E-state index contributed by atoms with van der Waals surface area (Å²) >= 11 is 3.44. The van der Waals surface area contributed by atoms with Gasteiger partial charge in [0.2, 0.25) is 0 Å². The second kappa shape index (κ2) is 9.74. The topological polar surface area (TPSA) is 81.9 Å². The number of nitrogens with one attached hydrogen (secondary N) is 1. The first-order valence-corrected chi connectivity index (χ1v) is 10.9. The van der Waals surface area contributed by atoms with Gasteiger partial charge in [0.05, 0.1) is 5.56 Å². The molecule has 4 rings (SSSR count).